The second kappa shape index (κ2) is 7.37. The molecule has 0 aromatic rings. The van der Waals surface area contributed by atoms with Crippen LogP contribution in [0.5, 0.6) is 0 Å². The van der Waals surface area contributed by atoms with E-state index < -0.39 is 42.8 Å². The lowest BCUT2D eigenvalue weighted by atomic mass is 9.96. The molecule has 1 heterocycles. The second-order valence-corrected chi connectivity index (χ2v) is 5.34. The Balaban J connectivity index is 2.51. The zero-order valence-corrected chi connectivity index (χ0v) is 12.2. The monoisotopic (exact) mass is 349 g/mol. The predicted octanol–water partition coefficient (Wildman–Crippen LogP) is 2.04. The number of amides is 3. The maximum Gasteiger partial charge on any atom is 0.405 e. The molecular weight excluding hydrogens is 332 g/mol. The third-order valence-corrected chi connectivity index (χ3v) is 3.53. The van der Waals surface area contributed by atoms with Gasteiger partial charge in [0, 0.05) is 6.54 Å². The first-order chi connectivity index (χ1) is 10.4. The highest BCUT2D eigenvalue weighted by Crippen LogP contribution is 2.33. The van der Waals surface area contributed by atoms with E-state index >= 15 is 0 Å². The molecule has 2 atom stereocenters. The van der Waals surface area contributed by atoms with Crippen LogP contribution in [0.3, 0.4) is 0 Å². The Bertz CT molecular complexity index is 437. The quantitative estimate of drug-likeness (QED) is 0.767. The molecule has 1 saturated heterocycles. The molecule has 0 radical (unpaired) electrons. The number of carbonyl (C=O) groups is 2. The molecule has 1 rings (SSSR count). The number of urea groups is 1. The number of nitrogens with zero attached hydrogens (tertiary/aromatic N) is 1. The SMILES string of the molecule is CC(C(=O)NC(=O)NCC(F)(F)F)N1CCCC(C(F)(F)F)C1. The van der Waals surface area contributed by atoms with Gasteiger partial charge in [0.25, 0.3) is 0 Å². The van der Waals surface area contributed by atoms with Gasteiger partial charge in [0.15, 0.2) is 0 Å². The number of piperidine rings is 1. The maximum absolute atomic E-state index is 12.7. The fraction of sp³-hybridized carbons (Fsp3) is 0.833. The predicted molar refractivity (Wildman–Crippen MR) is 67.4 cm³/mol. The van der Waals surface area contributed by atoms with E-state index in [0.717, 1.165) is 0 Å². The van der Waals surface area contributed by atoms with Crippen LogP contribution in [-0.4, -0.2) is 54.9 Å². The highest BCUT2D eigenvalue weighted by molar-refractivity contribution is 5.96. The minimum atomic E-state index is -4.63. The van der Waals surface area contributed by atoms with Crippen LogP contribution < -0.4 is 10.6 Å². The van der Waals surface area contributed by atoms with Gasteiger partial charge < -0.3 is 5.32 Å². The first-order valence-electron chi connectivity index (χ1n) is 6.86. The summed E-state index contributed by atoms with van der Waals surface area (Å²) in [6.07, 6.45) is -8.81. The zero-order chi connectivity index (χ0) is 17.8. The van der Waals surface area contributed by atoms with Crippen LogP contribution in [0.4, 0.5) is 31.1 Å². The summed E-state index contributed by atoms with van der Waals surface area (Å²) in [6, 6.07) is -2.40. The third kappa shape index (κ3) is 6.63. The number of rotatable bonds is 3. The molecule has 3 amide bonds. The van der Waals surface area contributed by atoms with Crippen LogP contribution in [0.15, 0.2) is 0 Å². The van der Waals surface area contributed by atoms with Crippen molar-refractivity contribution in [3.63, 3.8) is 0 Å². The van der Waals surface area contributed by atoms with E-state index in [9.17, 15) is 35.9 Å². The van der Waals surface area contributed by atoms with Gasteiger partial charge in [0.1, 0.15) is 6.54 Å². The Morgan fingerprint density at radius 3 is 2.35 bits per heavy atom. The molecule has 23 heavy (non-hydrogen) atoms. The van der Waals surface area contributed by atoms with E-state index in [-0.39, 0.29) is 25.9 Å². The molecule has 1 fully saturated rings. The zero-order valence-electron chi connectivity index (χ0n) is 12.2. The highest BCUT2D eigenvalue weighted by atomic mass is 19.4. The van der Waals surface area contributed by atoms with Crippen molar-refractivity contribution in [2.24, 2.45) is 5.92 Å². The smallest absolute Gasteiger partial charge is 0.329 e. The minimum Gasteiger partial charge on any atom is -0.329 e. The molecule has 0 aliphatic carbocycles. The van der Waals surface area contributed by atoms with E-state index in [1.165, 1.54) is 17.1 Å². The van der Waals surface area contributed by atoms with Crippen LogP contribution in [0, 0.1) is 5.92 Å². The van der Waals surface area contributed by atoms with Crippen LogP contribution in [0.2, 0.25) is 0 Å². The lowest BCUT2D eigenvalue weighted by Gasteiger charge is -2.36. The van der Waals surface area contributed by atoms with Crippen molar-refractivity contribution in [1.29, 1.82) is 0 Å². The van der Waals surface area contributed by atoms with E-state index in [0.29, 0.717) is 0 Å². The number of likely N-dealkylation sites (tertiary alicyclic amines) is 1. The van der Waals surface area contributed by atoms with Crippen LogP contribution in [0.1, 0.15) is 19.8 Å². The second-order valence-electron chi connectivity index (χ2n) is 5.34. The standard InChI is InChI=1S/C12H17F6N3O2/c1-7(9(22)20-10(23)19-6-11(13,14)15)21-4-2-3-8(5-21)12(16,17)18/h7-8H,2-6H2,1H3,(H2,19,20,22,23). The average molecular weight is 349 g/mol. The Morgan fingerprint density at radius 2 is 1.83 bits per heavy atom. The first kappa shape index (κ1) is 19.5. The molecule has 2 unspecified atom stereocenters. The van der Waals surface area contributed by atoms with Gasteiger partial charge in [-0.15, -0.1) is 0 Å². The van der Waals surface area contributed by atoms with Gasteiger partial charge in [0.05, 0.1) is 12.0 Å². The van der Waals surface area contributed by atoms with Gasteiger partial charge in [-0.05, 0) is 26.3 Å². The number of halogens is 6. The summed E-state index contributed by atoms with van der Waals surface area (Å²) in [5.74, 6) is -2.52. The number of alkyl halides is 6. The first-order valence-corrected chi connectivity index (χ1v) is 6.86. The minimum absolute atomic E-state index is 0.0413. The summed E-state index contributed by atoms with van der Waals surface area (Å²) < 4.78 is 73.9. The lowest BCUT2D eigenvalue weighted by Crippen LogP contribution is -2.54. The van der Waals surface area contributed by atoms with Crippen molar-refractivity contribution < 1.29 is 35.9 Å². The Kier molecular flexibility index (Phi) is 6.25. The summed E-state index contributed by atoms with van der Waals surface area (Å²) >= 11 is 0. The fourth-order valence-electron chi connectivity index (χ4n) is 2.23. The van der Waals surface area contributed by atoms with Gasteiger partial charge >= 0.3 is 18.4 Å². The van der Waals surface area contributed by atoms with Crippen LogP contribution in [0.25, 0.3) is 0 Å². The summed E-state index contributed by atoms with van der Waals surface area (Å²) in [4.78, 5) is 24.2. The third-order valence-electron chi connectivity index (χ3n) is 3.53. The average Bonchev–Trinajstić information content (AvgIpc) is 2.43. The van der Waals surface area contributed by atoms with Gasteiger partial charge in [0.2, 0.25) is 5.91 Å². The Hall–Kier alpha value is -1.52. The van der Waals surface area contributed by atoms with Crippen molar-refractivity contribution >= 4 is 11.9 Å². The van der Waals surface area contributed by atoms with Crippen molar-refractivity contribution in [2.45, 2.75) is 38.2 Å². The summed E-state index contributed by atoms with van der Waals surface area (Å²) in [5, 5.41) is 3.14. The number of imide groups is 1. The molecule has 2 N–H and O–H groups in total. The Morgan fingerprint density at radius 1 is 1.22 bits per heavy atom. The Labute approximate surface area is 128 Å². The number of hydrogen-bond acceptors (Lipinski definition) is 3. The van der Waals surface area contributed by atoms with Crippen LogP contribution in [-0.2, 0) is 4.79 Å². The van der Waals surface area contributed by atoms with E-state index in [1.54, 1.807) is 5.32 Å². The van der Waals surface area contributed by atoms with E-state index in [1.807, 2.05) is 0 Å². The van der Waals surface area contributed by atoms with Gasteiger partial charge in [-0.3, -0.25) is 15.0 Å². The van der Waals surface area contributed by atoms with Gasteiger partial charge in [-0.1, -0.05) is 0 Å². The molecule has 0 aromatic carbocycles. The van der Waals surface area contributed by atoms with Gasteiger partial charge in [-0.2, -0.15) is 26.3 Å². The molecule has 0 saturated carbocycles. The fourth-order valence-corrected chi connectivity index (χ4v) is 2.23. The van der Waals surface area contributed by atoms with Crippen LogP contribution >= 0.6 is 0 Å². The number of carbonyl (C=O) groups excluding carboxylic acids is 2. The topological polar surface area (TPSA) is 61.4 Å². The highest BCUT2D eigenvalue weighted by Gasteiger charge is 2.43. The molecule has 5 nitrogen and oxygen atoms in total. The van der Waals surface area contributed by atoms with Crippen molar-refractivity contribution in [2.75, 3.05) is 19.6 Å². The molecular formula is C12H17F6N3O2. The number of nitrogens with one attached hydrogen (secondary N) is 2. The largest absolute Gasteiger partial charge is 0.405 e. The van der Waals surface area contributed by atoms with Crippen molar-refractivity contribution in [3.05, 3.63) is 0 Å². The van der Waals surface area contributed by atoms with Crippen molar-refractivity contribution in [3.8, 4) is 0 Å². The lowest BCUT2D eigenvalue weighted by molar-refractivity contribution is -0.188. The molecule has 0 aromatic heterocycles. The maximum atomic E-state index is 12.7. The molecule has 1 aliphatic rings. The van der Waals surface area contributed by atoms with Crippen molar-refractivity contribution in [1.82, 2.24) is 15.5 Å². The summed E-state index contributed by atoms with van der Waals surface area (Å²) in [7, 11) is 0. The number of hydrogen-bond donors (Lipinski definition) is 2. The molecule has 0 spiro atoms. The normalized spacial score (nSPS) is 21.6. The molecule has 1 aliphatic heterocycles. The van der Waals surface area contributed by atoms with E-state index in [4.69, 9.17) is 0 Å². The molecule has 0 bridgehead atoms. The summed E-state index contributed by atoms with van der Waals surface area (Å²) in [5.41, 5.74) is 0. The van der Waals surface area contributed by atoms with Gasteiger partial charge in [-0.25, -0.2) is 4.79 Å². The molecule has 11 heteroatoms. The molecule has 134 valence electrons. The summed E-state index contributed by atoms with van der Waals surface area (Å²) in [6.45, 7) is -0.459. The van der Waals surface area contributed by atoms with E-state index in [2.05, 4.69) is 0 Å².